The van der Waals surface area contributed by atoms with Crippen LogP contribution in [0.15, 0.2) is 30.3 Å². The van der Waals surface area contributed by atoms with Crippen molar-refractivity contribution < 1.29 is 13.9 Å². The highest BCUT2D eigenvalue weighted by Crippen LogP contribution is 2.35. The molecule has 33 heavy (non-hydrogen) atoms. The Hall–Kier alpha value is -3.06. The highest BCUT2D eigenvalue weighted by atomic mass is 35.5. The van der Waals surface area contributed by atoms with Crippen molar-refractivity contribution in [2.24, 2.45) is 0 Å². The quantitative estimate of drug-likeness (QED) is 0.302. The van der Waals surface area contributed by atoms with Crippen LogP contribution in [-0.4, -0.2) is 27.2 Å². The molecule has 0 fully saturated rings. The molecular weight excluding hydrogens is 488 g/mol. The minimum atomic E-state index is -0.788. The topological polar surface area (TPSA) is 108 Å². The van der Waals surface area contributed by atoms with Gasteiger partial charge in [-0.15, -0.1) is 0 Å². The van der Waals surface area contributed by atoms with Crippen molar-refractivity contribution >= 4 is 46.9 Å². The molecule has 0 aliphatic heterocycles. The highest BCUT2D eigenvalue weighted by Gasteiger charge is 2.21. The van der Waals surface area contributed by atoms with Crippen molar-refractivity contribution in [3.8, 4) is 17.6 Å². The molecule has 0 aliphatic carbocycles. The molecule has 11 heteroatoms. The third kappa shape index (κ3) is 5.47. The summed E-state index contributed by atoms with van der Waals surface area (Å²) < 4.78 is 27.8. The number of benzene rings is 2. The summed E-state index contributed by atoms with van der Waals surface area (Å²) in [7, 11) is 0. The van der Waals surface area contributed by atoms with E-state index in [1.54, 1.807) is 17.9 Å². The first-order chi connectivity index (χ1) is 15.6. The Balaban J connectivity index is 1.80. The lowest BCUT2D eigenvalue weighted by molar-refractivity contribution is 0.438. The Kier molecular flexibility index (Phi) is 7.64. The van der Waals surface area contributed by atoms with Gasteiger partial charge in [0.15, 0.2) is 17.5 Å². The molecular formula is C22H18Cl2FN5O2S. The average molecular weight is 506 g/mol. The van der Waals surface area contributed by atoms with E-state index >= 15 is 4.39 Å². The molecule has 3 aromatic rings. The van der Waals surface area contributed by atoms with Gasteiger partial charge < -0.3 is 9.47 Å². The maximum Gasteiger partial charge on any atom is 0.224 e. The molecule has 1 aromatic heterocycles. The van der Waals surface area contributed by atoms with Crippen molar-refractivity contribution in [2.75, 3.05) is 6.26 Å². The monoisotopic (exact) mass is 505 g/mol. The molecule has 170 valence electrons. The zero-order valence-electron chi connectivity index (χ0n) is 17.8. The van der Waals surface area contributed by atoms with Crippen LogP contribution in [0, 0.1) is 41.8 Å². The average Bonchev–Trinajstić information content (AvgIpc) is 3.05. The maximum absolute atomic E-state index is 15.2. The second kappa shape index (κ2) is 10.3. The zero-order valence-corrected chi connectivity index (χ0v) is 20.1. The van der Waals surface area contributed by atoms with Crippen molar-refractivity contribution in [3.63, 3.8) is 0 Å². The van der Waals surface area contributed by atoms with Crippen LogP contribution in [0.5, 0.6) is 11.5 Å². The molecule has 0 saturated heterocycles. The number of ether oxygens (including phenoxy) is 2. The predicted molar refractivity (Wildman–Crippen MR) is 128 cm³/mol. The molecule has 0 amide bonds. The molecule has 0 aliphatic rings. The fourth-order valence-corrected chi connectivity index (χ4v) is 4.09. The first kappa shape index (κ1) is 24.6. The Morgan fingerprint density at radius 3 is 2.61 bits per heavy atom. The van der Waals surface area contributed by atoms with Crippen LogP contribution in [0.2, 0.25) is 10.0 Å². The molecule has 0 saturated carbocycles. The maximum atomic E-state index is 15.2. The van der Waals surface area contributed by atoms with Gasteiger partial charge in [-0.1, -0.05) is 29.3 Å². The van der Waals surface area contributed by atoms with E-state index in [1.807, 2.05) is 12.3 Å². The first-order valence-corrected chi connectivity index (χ1v) is 11.4. The van der Waals surface area contributed by atoms with E-state index in [4.69, 9.17) is 48.8 Å². The molecule has 0 unspecified atom stereocenters. The number of nitrogens with zero attached hydrogens (tertiary/aromatic N) is 3. The first-order valence-electron chi connectivity index (χ1n) is 9.44. The van der Waals surface area contributed by atoms with Gasteiger partial charge >= 0.3 is 0 Å². The van der Waals surface area contributed by atoms with Crippen LogP contribution in [0.25, 0.3) is 0 Å². The van der Waals surface area contributed by atoms with E-state index in [9.17, 15) is 0 Å². The molecule has 3 rings (SSSR count). The normalized spacial score (nSPS) is 10.6. The lowest BCUT2D eigenvalue weighted by Crippen LogP contribution is -2.16. The molecule has 2 aromatic carbocycles. The molecule has 0 spiro atoms. The fourth-order valence-electron chi connectivity index (χ4n) is 3.12. The van der Waals surface area contributed by atoms with Crippen LogP contribution < -0.4 is 4.74 Å². The van der Waals surface area contributed by atoms with Crippen molar-refractivity contribution in [2.45, 2.75) is 20.3 Å². The van der Waals surface area contributed by atoms with Crippen molar-refractivity contribution in [1.29, 1.82) is 16.1 Å². The number of hydrogen-bond donors (Lipinski definition) is 2. The zero-order chi connectivity index (χ0) is 24.3. The predicted octanol–water partition coefficient (Wildman–Crippen LogP) is 6.30. The highest BCUT2D eigenvalue weighted by molar-refractivity contribution is 7.97. The molecule has 0 radical (unpaired) electrons. The molecule has 0 bridgehead atoms. The Labute approximate surface area is 204 Å². The second-order valence-corrected chi connectivity index (χ2v) is 8.43. The summed E-state index contributed by atoms with van der Waals surface area (Å²) in [6.07, 6.45) is 1.61. The van der Waals surface area contributed by atoms with Crippen LogP contribution in [0.3, 0.4) is 0 Å². The summed E-state index contributed by atoms with van der Waals surface area (Å²) in [5.74, 6) is -1.50. The molecule has 2 N–H and O–H groups in total. The Morgan fingerprint density at radius 2 is 1.97 bits per heavy atom. The van der Waals surface area contributed by atoms with Crippen LogP contribution >= 0.6 is 35.1 Å². The minimum Gasteiger partial charge on any atom is -0.453 e. The van der Waals surface area contributed by atoms with Gasteiger partial charge in [0.05, 0.1) is 40.0 Å². The number of rotatable bonds is 6. The fraction of sp³-hybridized carbons (Fsp3) is 0.182. The lowest BCUT2D eigenvalue weighted by Gasteiger charge is -2.13. The molecule has 0 atom stereocenters. The summed E-state index contributed by atoms with van der Waals surface area (Å²) in [6, 6.07) is 9.06. The van der Waals surface area contributed by atoms with E-state index < -0.39 is 5.82 Å². The largest absolute Gasteiger partial charge is 0.453 e. The molecule has 1 heterocycles. The SMILES string of the molecule is CSn1nc(C)c(C(=N)OC(=N)Cc2ccc(Cl)c(Oc3cc(Cl)cc(C#N)c3)c2F)c1C. The lowest BCUT2D eigenvalue weighted by atomic mass is 10.1. The van der Waals surface area contributed by atoms with Crippen molar-refractivity contribution in [1.82, 2.24) is 9.19 Å². The van der Waals surface area contributed by atoms with Gasteiger partial charge in [-0.25, -0.2) is 8.48 Å². The number of nitriles is 1. The summed E-state index contributed by atoms with van der Waals surface area (Å²) in [5, 5.41) is 30.0. The summed E-state index contributed by atoms with van der Waals surface area (Å²) >= 11 is 13.5. The molecule has 7 nitrogen and oxygen atoms in total. The number of nitrogens with one attached hydrogen (secondary N) is 2. The van der Waals surface area contributed by atoms with Gasteiger partial charge in [0.25, 0.3) is 0 Å². The standard InChI is InChI=1S/C22H18Cl2FN5O2S/c1-11-19(12(2)30(29-11)33-3)22(28)32-18(27)8-14-4-5-17(24)21(20(14)25)31-16-7-13(10-26)6-15(23)9-16/h4-7,9,27-28H,8H2,1-3H3. The van der Waals surface area contributed by atoms with Crippen LogP contribution in [-0.2, 0) is 11.2 Å². The third-order valence-corrected chi connectivity index (χ3v) is 5.79. The second-order valence-electron chi connectivity index (χ2n) is 6.87. The van der Waals surface area contributed by atoms with Gasteiger partial charge in [0.1, 0.15) is 5.75 Å². The minimum absolute atomic E-state index is 0.00524. The van der Waals surface area contributed by atoms with Crippen LogP contribution in [0.4, 0.5) is 4.39 Å². The van der Waals surface area contributed by atoms with E-state index in [1.165, 1.54) is 42.3 Å². The van der Waals surface area contributed by atoms with Gasteiger partial charge in [-0.05, 0) is 50.1 Å². The number of aryl methyl sites for hydroxylation is 1. The van der Waals surface area contributed by atoms with Crippen molar-refractivity contribution in [3.05, 3.63) is 74.3 Å². The van der Waals surface area contributed by atoms with Gasteiger partial charge in [0.2, 0.25) is 5.90 Å². The number of hydrogen-bond acceptors (Lipinski definition) is 7. The van der Waals surface area contributed by atoms with E-state index in [0.29, 0.717) is 17.0 Å². The summed E-state index contributed by atoms with van der Waals surface area (Å²) in [5.41, 5.74) is 2.11. The van der Waals surface area contributed by atoms with Gasteiger partial charge in [-0.3, -0.25) is 10.8 Å². The van der Waals surface area contributed by atoms with E-state index in [0.717, 1.165) is 0 Å². The number of halogens is 3. The van der Waals surface area contributed by atoms with E-state index in [-0.39, 0.29) is 50.9 Å². The van der Waals surface area contributed by atoms with E-state index in [2.05, 4.69) is 5.10 Å². The summed E-state index contributed by atoms with van der Waals surface area (Å²) in [4.78, 5) is 0. The Morgan fingerprint density at radius 1 is 1.24 bits per heavy atom. The number of aromatic nitrogens is 2. The summed E-state index contributed by atoms with van der Waals surface area (Å²) in [6.45, 7) is 3.54. The smallest absolute Gasteiger partial charge is 0.224 e. The van der Waals surface area contributed by atoms with Gasteiger partial charge in [0, 0.05) is 16.8 Å². The Bertz CT molecular complexity index is 1300. The van der Waals surface area contributed by atoms with Crippen LogP contribution in [0.1, 0.15) is 28.1 Å². The third-order valence-electron chi connectivity index (χ3n) is 4.58. The van der Waals surface area contributed by atoms with Gasteiger partial charge in [-0.2, -0.15) is 10.4 Å².